The van der Waals surface area contributed by atoms with E-state index in [1.54, 1.807) is 6.92 Å². The molecular formula is C10H14F3N3O. The highest BCUT2D eigenvalue weighted by atomic mass is 19.4. The van der Waals surface area contributed by atoms with Crippen LogP contribution < -0.4 is 5.32 Å². The molecule has 1 aromatic heterocycles. The molecule has 1 unspecified atom stereocenters. The number of nitrogens with zero attached hydrogens (tertiary/aromatic N) is 2. The van der Waals surface area contributed by atoms with Gasteiger partial charge in [0.2, 0.25) is 0 Å². The number of aromatic nitrogens is 2. The summed E-state index contributed by atoms with van der Waals surface area (Å²) in [5, 5.41) is 18.3. The summed E-state index contributed by atoms with van der Waals surface area (Å²) in [5.74, 6) is 0.295. The van der Waals surface area contributed by atoms with Crippen molar-refractivity contribution in [2.75, 3.05) is 11.9 Å². The van der Waals surface area contributed by atoms with Gasteiger partial charge in [-0.15, -0.1) is 10.2 Å². The van der Waals surface area contributed by atoms with Crippen LogP contribution in [0.3, 0.4) is 0 Å². The third-order valence-electron chi connectivity index (χ3n) is 2.06. The Kier molecular flexibility index (Phi) is 4.68. The number of aliphatic hydroxyl groups is 1. The number of halogens is 3. The average Bonchev–Trinajstić information content (AvgIpc) is 2.23. The molecular weight excluding hydrogens is 235 g/mol. The number of alkyl halides is 3. The molecule has 1 atom stereocenters. The molecule has 0 radical (unpaired) electrons. The van der Waals surface area contributed by atoms with Crippen LogP contribution in [-0.2, 0) is 6.18 Å². The first-order valence-corrected chi connectivity index (χ1v) is 5.22. The number of hydrogen-bond acceptors (Lipinski definition) is 4. The van der Waals surface area contributed by atoms with Gasteiger partial charge in [0.25, 0.3) is 0 Å². The monoisotopic (exact) mass is 249 g/mol. The smallest absolute Gasteiger partial charge is 0.393 e. The Hall–Kier alpha value is -1.37. The van der Waals surface area contributed by atoms with Crippen molar-refractivity contribution >= 4 is 5.82 Å². The van der Waals surface area contributed by atoms with Crippen LogP contribution in [0.2, 0.25) is 0 Å². The molecule has 1 aromatic rings. The van der Waals surface area contributed by atoms with E-state index in [1.165, 1.54) is 6.07 Å². The summed E-state index contributed by atoms with van der Waals surface area (Å²) in [5.41, 5.74) is -1.01. The number of hydrogen-bond donors (Lipinski definition) is 2. The van der Waals surface area contributed by atoms with Crippen molar-refractivity contribution < 1.29 is 18.3 Å². The molecule has 1 heterocycles. The van der Waals surface area contributed by atoms with Gasteiger partial charge in [-0.25, -0.2) is 0 Å². The molecule has 0 aromatic carbocycles. The molecule has 17 heavy (non-hydrogen) atoms. The Balaban J connectivity index is 2.41. The van der Waals surface area contributed by atoms with Crippen molar-refractivity contribution in [2.24, 2.45) is 0 Å². The summed E-state index contributed by atoms with van der Waals surface area (Å²) >= 11 is 0. The lowest BCUT2D eigenvalue weighted by atomic mass is 10.2. The number of anilines is 1. The zero-order valence-electron chi connectivity index (χ0n) is 9.33. The highest BCUT2D eigenvalue weighted by molar-refractivity contribution is 5.33. The molecule has 0 aliphatic rings. The Morgan fingerprint density at radius 1 is 1.35 bits per heavy atom. The van der Waals surface area contributed by atoms with Crippen LogP contribution in [0.4, 0.5) is 19.0 Å². The molecule has 0 amide bonds. The molecule has 0 saturated heterocycles. The minimum Gasteiger partial charge on any atom is -0.393 e. The Morgan fingerprint density at radius 2 is 2.06 bits per heavy atom. The molecule has 0 fully saturated rings. The van der Waals surface area contributed by atoms with E-state index in [0.29, 0.717) is 25.2 Å². The molecule has 0 spiro atoms. The van der Waals surface area contributed by atoms with Gasteiger partial charge in [0, 0.05) is 6.54 Å². The van der Waals surface area contributed by atoms with Crippen LogP contribution in [0.5, 0.6) is 0 Å². The zero-order chi connectivity index (χ0) is 12.9. The lowest BCUT2D eigenvalue weighted by Crippen LogP contribution is -2.11. The van der Waals surface area contributed by atoms with E-state index in [0.717, 1.165) is 6.07 Å². The van der Waals surface area contributed by atoms with Gasteiger partial charge >= 0.3 is 6.18 Å². The van der Waals surface area contributed by atoms with Crippen LogP contribution in [0, 0.1) is 0 Å². The predicted octanol–water partition coefficient (Wildman–Crippen LogP) is 2.07. The van der Waals surface area contributed by atoms with Crippen molar-refractivity contribution in [1.82, 2.24) is 10.2 Å². The van der Waals surface area contributed by atoms with Gasteiger partial charge in [0.15, 0.2) is 5.69 Å². The minimum atomic E-state index is -4.46. The standard InChI is InChI=1S/C10H14F3N3O/c1-7(17)3-2-6-14-9-5-4-8(15-16-9)10(11,12)13/h4-5,7,17H,2-3,6H2,1H3,(H,14,16). The van der Waals surface area contributed by atoms with Crippen molar-refractivity contribution in [3.8, 4) is 0 Å². The largest absolute Gasteiger partial charge is 0.435 e. The van der Waals surface area contributed by atoms with Crippen molar-refractivity contribution in [1.29, 1.82) is 0 Å². The van der Waals surface area contributed by atoms with Crippen LogP contribution in [0.15, 0.2) is 12.1 Å². The molecule has 96 valence electrons. The number of aliphatic hydroxyl groups excluding tert-OH is 1. The van der Waals surface area contributed by atoms with Crippen LogP contribution >= 0.6 is 0 Å². The van der Waals surface area contributed by atoms with Crippen LogP contribution in [0.25, 0.3) is 0 Å². The normalized spacial score (nSPS) is 13.5. The van der Waals surface area contributed by atoms with E-state index in [9.17, 15) is 13.2 Å². The summed E-state index contributed by atoms with van der Waals surface area (Å²) in [4.78, 5) is 0. The van der Waals surface area contributed by atoms with Gasteiger partial charge in [-0.1, -0.05) is 0 Å². The van der Waals surface area contributed by atoms with E-state index >= 15 is 0 Å². The molecule has 2 N–H and O–H groups in total. The first-order valence-electron chi connectivity index (χ1n) is 5.22. The van der Waals surface area contributed by atoms with Gasteiger partial charge in [-0.2, -0.15) is 13.2 Å². The van der Waals surface area contributed by atoms with E-state index in [-0.39, 0.29) is 6.10 Å². The SMILES string of the molecule is CC(O)CCCNc1ccc(C(F)(F)F)nn1. The second-order valence-electron chi connectivity index (χ2n) is 3.72. The fourth-order valence-electron chi connectivity index (χ4n) is 1.19. The highest BCUT2D eigenvalue weighted by Crippen LogP contribution is 2.26. The number of nitrogens with one attached hydrogen (secondary N) is 1. The van der Waals surface area contributed by atoms with E-state index in [4.69, 9.17) is 5.11 Å². The van der Waals surface area contributed by atoms with Gasteiger partial charge in [-0.05, 0) is 31.9 Å². The number of rotatable bonds is 5. The third-order valence-corrected chi connectivity index (χ3v) is 2.06. The van der Waals surface area contributed by atoms with E-state index < -0.39 is 11.9 Å². The maximum Gasteiger partial charge on any atom is 0.435 e. The average molecular weight is 249 g/mol. The summed E-state index contributed by atoms with van der Waals surface area (Å²) < 4.78 is 36.5. The summed E-state index contributed by atoms with van der Waals surface area (Å²) in [6.45, 7) is 2.21. The lowest BCUT2D eigenvalue weighted by Gasteiger charge is -2.08. The second kappa shape index (κ2) is 5.81. The van der Waals surface area contributed by atoms with E-state index in [2.05, 4.69) is 15.5 Å². The Morgan fingerprint density at radius 3 is 2.53 bits per heavy atom. The first-order chi connectivity index (χ1) is 7.89. The van der Waals surface area contributed by atoms with Gasteiger partial charge < -0.3 is 10.4 Å². The van der Waals surface area contributed by atoms with E-state index in [1.807, 2.05) is 0 Å². The van der Waals surface area contributed by atoms with Crippen molar-refractivity contribution in [2.45, 2.75) is 32.0 Å². The topological polar surface area (TPSA) is 58.0 Å². The summed E-state index contributed by atoms with van der Waals surface area (Å²) in [6, 6.07) is 2.11. The Labute approximate surface area is 96.9 Å². The summed E-state index contributed by atoms with van der Waals surface area (Å²) in [7, 11) is 0. The minimum absolute atomic E-state index is 0.295. The first kappa shape index (κ1) is 13.7. The zero-order valence-corrected chi connectivity index (χ0v) is 9.33. The maximum absolute atomic E-state index is 12.2. The molecule has 0 bridgehead atoms. The van der Waals surface area contributed by atoms with Crippen LogP contribution in [0.1, 0.15) is 25.5 Å². The van der Waals surface area contributed by atoms with Crippen LogP contribution in [-0.4, -0.2) is 28.0 Å². The fourth-order valence-corrected chi connectivity index (χ4v) is 1.19. The summed E-state index contributed by atoms with van der Waals surface area (Å²) in [6.07, 6.45) is -3.50. The molecule has 0 aliphatic heterocycles. The predicted molar refractivity (Wildman–Crippen MR) is 56.4 cm³/mol. The second-order valence-corrected chi connectivity index (χ2v) is 3.72. The van der Waals surface area contributed by atoms with Crippen molar-refractivity contribution in [3.05, 3.63) is 17.8 Å². The molecule has 1 rings (SSSR count). The molecule has 0 aliphatic carbocycles. The van der Waals surface area contributed by atoms with Crippen molar-refractivity contribution in [3.63, 3.8) is 0 Å². The van der Waals surface area contributed by atoms with Gasteiger partial charge in [-0.3, -0.25) is 0 Å². The van der Waals surface area contributed by atoms with Gasteiger partial charge in [0.1, 0.15) is 5.82 Å². The molecule has 7 heteroatoms. The Bertz CT molecular complexity index is 338. The quantitative estimate of drug-likeness (QED) is 0.784. The lowest BCUT2D eigenvalue weighted by molar-refractivity contribution is -0.141. The van der Waals surface area contributed by atoms with Gasteiger partial charge in [0.05, 0.1) is 6.10 Å². The molecule has 4 nitrogen and oxygen atoms in total. The third kappa shape index (κ3) is 4.99. The highest BCUT2D eigenvalue weighted by Gasteiger charge is 2.32. The fraction of sp³-hybridized carbons (Fsp3) is 0.600. The molecule has 0 saturated carbocycles. The maximum atomic E-state index is 12.2.